The molecule has 22 heavy (non-hydrogen) atoms. The topological polar surface area (TPSA) is 45.5 Å². The number of aromatic nitrogens is 2. The molecular formula is C13H21BIN2O3PS. The lowest BCUT2D eigenvalue weighted by Gasteiger charge is -2.32. The third kappa shape index (κ3) is 3.11. The normalized spacial score (nSPS) is 23.4. The first-order chi connectivity index (χ1) is 10.4. The van der Waals surface area contributed by atoms with E-state index >= 15 is 0 Å². The van der Waals surface area contributed by atoms with Crippen LogP contribution in [0.1, 0.15) is 39.1 Å². The number of hydrogen-bond donors (Lipinski definition) is 0. The molecular weight excluding hydrogens is 433 g/mol. The maximum absolute atomic E-state index is 6.26. The van der Waals surface area contributed by atoms with Crippen molar-refractivity contribution in [3.8, 4) is 0 Å². The Labute approximate surface area is 151 Å². The molecule has 2 aliphatic rings. The molecule has 3 heterocycles. The van der Waals surface area contributed by atoms with E-state index in [0.717, 1.165) is 29.2 Å². The highest BCUT2D eigenvalue weighted by Gasteiger charge is 2.53. The van der Waals surface area contributed by atoms with Crippen LogP contribution in [-0.2, 0) is 32.7 Å². The molecule has 0 amide bonds. The number of fused-ring (bicyclic) bond motifs is 1. The highest BCUT2D eigenvalue weighted by molar-refractivity contribution is 14.2. The number of nitrogens with zero attached hydrogens (tertiary/aromatic N) is 2. The second kappa shape index (κ2) is 6.52. The maximum Gasteiger partial charge on any atom is 0.498 e. The molecule has 1 fully saturated rings. The minimum Gasteiger partial charge on any atom is -0.399 e. The smallest absolute Gasteiger partial charge is 0.399 e. The van der Waals surface area contributed by atoms with E-state index in [-0.39, 0.29) is 18.3 Å². The number of rotatable bonds is 4. The van der Waals surface area contributed by atoms with E-state index in [4.69, 9.17) is 18.9 Å². The second-order valence-corrected chi connectivity index (χ2v) is 9.41. The SMILES string of the molecule is CC1(C)OB(c2c(COPI)nn3c2CSCC3)OC1(C)C. The van der Waals surface area contributed by atoms with Crippen LogP contribution in [0.2, 0.25) is 0 Å². The summed E-state index contributed by atoms with van der Waals surface area (Å²) >= 11 is 4.17. The highest BCUT2D eigenvalue weighted by atomic mass is 127. The van der Waals surface area contributed by atoms with Crippen LogP contribution in [0, 0.1) is 0 Å². The van der Waals surface area contributed by atoms with Gasteiger partial charge in [-0.05, 0) is 49.7 Å². The summed E-state index contributed by atoms with van der Waals surface area (Å²) in [6.45, 7) is 10.2. The molecule has 1 saturated heterocycles. The van der Waals surface area contributed by atoms with E-state index in [1.807, 2.05) is 11.8 Å². The molecule has 0 aromatic carbocycles. The van der Waals surface area contributed by atoms with Crippen molar-refractivity contribution in [1.82, 2.24) is 9.78 Å². The first kappa shape index (κ1) is 17.5. The second-order valence-electron chi connectivity index (χ2n) is 6.54. The standard InChI is InChI=1S/C13H21BIN2O3PS/c1-12(2)13(3,4)20-14(19-12)11-9(7-18-21-15)16-17-5-6-22-8-10(11)17/h21H,5-8H2,1-4H3. The zero-order chi connectivity index (χ0) is 16.0. The van der Waals surface area contributed by atoms with Crippen LogP contribution < -0.4 is 5.46 Å². The minimum atomic E-state index is -0.358. The Bertz CT molecular complexity index is 554. The number of thioether (sulfide) groups is 1. The van der Waals surface area contributed by atoms with Gasteiger partial charge in [-0.15, -0.1) is 0 Å². The molecule has 1 unspecified atom stereocenters. The Morgan fingerprint density at radius 2 is 2.05 bits per heavy atom. The Kier molecular flexibility index (Phi) is 5.18. The van der Waals surface area contributed by atoms with E-state index in [1.54, 1.807) is 0 Å². The molecule has 0 saturated carbocycles. The van der Waals surface area contributed by atoms with E-state index in [1.165, 1.54) is 5.69 Å². The lowest BCUT2D eigenvalue weighted by molar-refractivity contribution is 0.00578. The Morgan fingerprint density at radius 1 is 1.36 bits per heavy atom. The average Bonchev–Trinajstić information content (AvgIpc) is 2.91. The molecule has 122 valence electrons. The molecule has 0 bridgehead atoms. The highest BCUT2D eigenvalue weighted by Crippen LogP contribution is 2.37. The summed E-state index contributed by atoms with van der Waals surface area (Å²) in [5.41, 5.74) is 2.60. The van der Waals surface area contributed by atoms with Gasteiger partial charge in [-0.2, -0.15) is 16.9 Å². The largest absolute Gasteiger partial charge is 0.498 e. The third-order valence-corrected chi connectivity index (χ3v) is 6.75. The molecule has 9 heteroatoms. The molecule has 0 spiro atoms. The average molecular weight is 454 g/mol. The van der Waals surface area contributed by atoms with Crippen LogP contribution in [-0.4, -0.2) is 33.9 Å². The predicted molar refractivity (Wildman–Crippen MR) is 101 cm³/mol. The van der Waals surface area contributed by atoms with E-state index in [0.29, 0.717) is 13.1 Å². The fourth-order valence-corrected chi connectivity index (χ4v) is 4.26. The van der Waals surface area contributed by atoms with Gasteiger partial charge in [0.2, 0.25) is 0 Å². The van der Waals surface area contributed by atoms with Gasteiger partial charge in [0.1, 0.15) is 0 Å². The van der Waals surface area contributed by atoms with Gasteiger partial charge in [-0.25, -0.2) is 0 Å². The molecule has 1 atom stereocenters. The molecule has 0 radical (unpaired) electrons. The van der Waals surface area contributed by atoms with Crippen LogP contribution in [0.15, 0.2) is 0 Å². The van der Waals surface area contributed by atoms with Crippen molar-refractivity contribution in [2.24, 2.45) is 0 Å². The Balaban J connectivity index is 1.97. The quantitative estimate of drug-likeness (QED) is 0.398. The van der Waals surface area contributed by atoms with Gasteiger partial charge >= 0.3 is 7.12 Å². The van der Waals surface area contributed by atoms with Crippen molar-refractivity contribution in [3.05, 3.63) is 11.4 Å². The summed E-state index contributed by atoms with van der Waals surface area (Å²) < 4.78 is 20.2. The van der Waals surface area contributed by atoms with Crippen molar-refractivity contribution in [3.63, 3.8) is 0 Å². The van der Waals surface area contributed by atoms with Crippen LogP contribution in [0.5, 0.6) is 0 Å². The fourth-order valence-electron chi connectivity index (χ4n) is 2.66. The Hall–Kier alpha value is 0.665. The zero-order valence-electron chi connectivity index (χ0n) is 13.3. The first-order valence-electron chi connectivity index (χ1n) is 7.35. The Morgan fingerprint density at radius 3 is 2.68 bits per heavy atom. The van der Waals surface area contributed by atoms with E-state index < -0.39 is 0 Å². The number of halogens is 1. The number of aryl methyl sites for hydroxylation is 1. The maximum atomic E-state index is 6.26. The minimum absolute atomic E-state index is 0.336. The summed E-state index contributed by atoms with van der Waals surface area (Å²) in [6.07, 6.45) is 0. The van der Waals surface area contributed by atoms with Gasteiger partial charge < -0.3 is 13.8 Å². The summed E-state index contributed by atoms with van der Waals surface area (Å²) in [6, 6.07) is 0. The van der Waals surface area contributed by atoms with Gasteiger partial charge in [0, 0.05) is 22.7 Å². The van der Waals surface area contributed by atoms with Crippen LogP contribution >= 0.6 is 40.3 Å². The van der Waals surface area contributed by atoms with Gasteiger partial charge in [-0.1, -0.05) is 0 Å². The van der Waals surface area contributed by atoms with E-state index in [2.05, 4.69) is 54.4 Å². The molecule has 1 aromatic heterocycles. The lowest BCUT2D eigenvalue weighted by atomic mass is 9.77. The number of hydrogen-bond acceptors (Lipinski definition) is 5. The summed E-state index contributed by atoms with van der Waals surface area (Å²) in [5, 5.41) is 4.75. The van der Waals surface area contributed by atoms with Gasteiger partial charge in [0.15, 0.2) is 0 Å². The van der Waals surface area contributed by atoms with Crippen molar-refractivity contribution < 1.29 is 13.8 Å². The van der Waals surface area contributed by atoms with E-state index in [9.17, 15) is 0 Å². The van der Waals surface area contributed by atoms with Gasteiger partial charge in [-0.3, -0.25) is 4.68 Å². The van der Waals surface area contributed by atoms with Gasteiger partial charge in [0.25, 0.3) is 0 Å². The molecule has 0 aliphatic carbocycles. The third-order valence-electron chi connectivity index (χ3n) is 4.61. The fraction of sp³-hybridized carbons (Fsp3) is 0.769. The molecule has 1 aromatic rings. The summed E-state index contributed by atoms with van der Waals surface area (Å²) in [5.74, 6) is 2.06. The van der Waals surface area contributed by atoms with Crippen molar-refractivity contribution in [2.75, 3.05) is 5.75 Å². The molecule has 5 nitrogen and oxygen atoms in total. The first-order valence-corrected chi connectivity index (χ1v) is 12.5. The molecule has 3 rings (SSSR count). The predicted octanol–water partition coefficient (Wildman–Crippen LogP) is 2.89. The van der Waals surface area contributed by atoms with Crippen LogP contribution in [0.4, 0.5) is 0 Å². The molecule has 0 N–H and O–H groups in total. The summed E-state index contributed by atoms with van der Waals surface area (Å²) in [7, 11) is -0.358. The molecule has 2 aliphatic heterocycles. The summed E-state index contributed by atoms with van der Waals surface area (Å²) in [4.78, 5) is 0. The van der Waals surface area contributed by atoms with Crippen LogP contribution in [0.25, 0.3) is 0 Å². The zero-order valence-corrected chi connectivity index (χ0v) is 17.3. The van der Waals surface area contributed by atoms with Gasteiger partial charge in [0.05, 0.1) is 36.5 Å². The monoisotopic (exact) mass is 454 g/mol. The van der Waals surface area contributed by atoms with Crippen molar-refractivity contribution in [2.45, 2.75) is 57.8 Å². The lowest BCUT2D eigenvalue weighted by Crippen LogP contribution is -2.41. The van der Waals surface area contributed by atoms with Crippen molar-refractivity contribution >= 4 is 52.8 Å². The van der Waals surface area contributed by atoms with Crippen molar-refractivity contribution in [1.29, 1.82) is 0 Å². The van der Waals surface area contributed by atoms with Crippen LogP contribution in [0.3, 0.4) is 0 Å².